The summed E-state index contributed by atoms with van der Waals surface area (Å²) in [6, 6.07) is 6.61. The number of esters is 1. The Kier molecular flexibility index (Phi) is 5.36. The number of rotatable bonds is 5. The normalized spacial score (nSPS) is 26.7. The number of nitrogens with zero attached hydrogens (tertiary/aromatic N) is 2. The molecule has 2 bridgehead atoms. The minimum absolute atomic E-state index is 0.222. The van der Waals surface area contributed by atoms with Gasteiger partial charge in [0.05, 0.1) is 11.3 Å². The lowest BCUT2D eigenvalue weighted by atomic mass is 9.64. The van der Waals surface area contributed by atoms with Gasteiger partial charge >= 0.3 is 5.97 Å². The summed E-state index contributed by atoms with van der Waals surface area (Å²) >= 11 is 0. The summed E-state index contributed by atoms with van der Waals surface area (Å²) in [5, 5.41) is 0. The number of carbonyl (C=O) groups is 3. The highest BCUT2D eigenvalue weighted by molar-refractivity contribution is 6.31. The Morgan fingerprint density at radius 1 is 1.30 bits per heavy atom. The third-order valence-electron chi connectivity index (χ3n) is 6.78. The summed E-state index contributed by atoms with van der Waals surface area (Å²) in [5.41, 5.74) is 1.82. The summed E-state index contributed by atoms with van der Waals surface area (Å²) in [7, 11) is 0. The van der Waals surface area contributed by atoms with Crippen LogP contribution in [0.1, 0.15) is 43.5 Å². The number of hydrogen-bond acceptors (Lipinski definition) is 5. The van der Waals surface area contributed by atoms with E-state index in [1.807, 2.05) is 0 Å². The first-order valence-corrected chi connectivity index (χ1v) is 10.6. The molecule has 1 saturated heterocycles. The van der Waals surface area contributed by atoms with Crippen LogP contribution < -0.4 is 4.90 Å². The fourth-order valence-electron chi connectivity index (χ4n) is 5.03. The van der Waals surface area contributed by atoms with E-state index >= 15 is 0 Å². The number of benzene rings is 1. The smallest absolute Gasteiger partial charge is 0.340 e. The summed E-state index contributed by atoms with van der Waals surface area (Å²) in [6.45, 7) is 11.2. The Balaban J connectivity index is 1.55. The van der Waals surface area contributed by atoms with E-state index in [9.17, 15) is 14.4 Å². The predicted molar refractivity (Wildman–Crippen MR) is 114 cm³/mol. The first kappa shape index (κ1) is 20.5. The fraction of sp³-hybridized carbons (Fsp3) is 0.458. The van der Waals surface area contributed by atoms with Gasteiger partial charge in [0, 0.05) is 30.2 Å². The fourth-order valence-corrected chi connectivity index (χ4v) is 5.03. The van der Waals surface area contributed by atoms with Crippen molar-refractivity contribution >= 4 is 23.5 Å². The molecule has 2 heterocycles. The Morgan fingerprint density at radius 2 is 2.07 bits per heavy atom. The average Bonchev–Trinajstić information content (AvgIpc) is 2.98. The van der Waals surface area contributed by atoms with Crippen molar-refractivity contribution in [2.45, 2.75) is 33.1 Å². The van der Waals surface area contributed by atoms with Crippen LogP contribution in [0.2, 0.25) is 0 Å². The molecule has 6 heteroatoms. The van der Waals surface area contributed by atoms with E-state index in [0.29, 0.717) is 11.5 Å². The van der Waals surface area contributed by atoms with Crippen molar-refractivity contribution in [2.75, 3.05) is 31.1 Å². The largest absolute Gasteiger partial charge is 0.461 e. The van der Waals surface area contributed by atoms with Gasteiger partial charge in [-0.25, -0.2) is 9.69 Å². The summed E-state index contributed by atoms with van der Waals surface area (Å²) in [6.07, 6.45) is 4.49. The van der Waals surface area contributed by atoms with Crippen LogP contribution in [0, 0.1) is 11.3 Å². The molecule has 1 aliphatic carbocycles. The molecule has 0 radical (unpaired) electrons. The van der Waals surface area contributed by atoms with Gasteiger partial charge in [-0.1, -0.05) is 37.6 Å². The maximum absolute atomic E-state index is 13.0. The zero-order chi connectivity index (χ0) is 21.5. The van der Waals surface area contributed by atoms with Crippen LogP contribution in [-0.4, -0.2) is 48.9 Å². The Hall–Kier alpha value is -2.73. The molecule has 3 aliphatic rings. The van der Waals surface area contributed by atoms with Gasteiger partial charge in [0.1, 0.15) is 6.61 Å². The molecule has 2 fully saturated rings. The Labute approximate surface area is 177 Å². The molecule has 1 saturated carbocycles. The van der Waals surface area contributed by atoms with E-state index in [2.05, 4.69) is 18.4 Å². The first-order valence-electron chi connectivity index (χ1n) is 10.6. The second-order valence-electron chi connectivity index (χ2n) is 8.62. The van der Waals surface area contributed by atoms with Crippen molar-refractivity contribution in [1.29, 1.82) is 0 Å². The maximum atomic E-state index is 13.0. The molecule has 1 aromatic rings. The van der Waals surface area contributed by atoms with E-state index in [0.717, 1.165) is 43.8 Å². The number of fused-ring (bicyclic) bond motifs is 2. The topological polar surface area (TPSA) is 66.9 Å². The molecule has 6 nitrogen and oxygen atoms in total. The van der Waals surface area contributed by atoms with Crippen LogP contribution in [0.3, 0.4) is 0 Å². The van der Waals surface area contributed by atoms with E-state index in [1.165, 1.54) is 11.6 Å². The highest BCUT2D eigenvalue weighted by Crippen LogP contribution is 2.47. The lowest BCUT2D eigenvalue weighted by molar-refractivity contribution is -0.120. The second kappa shape index (κ2) is 7.84. The Morgan fingerprint density at radius 3 is 2.77 bits per heavy atom. The molecule has 2 aliphatic heterocycles. The summed E-state index contributed by atoms with van der Waals surface area (Å²) < 4.78 is 5.81. The standard InChI is InChI=1S/C24H28N2O4/c1-4-25-13-18-8-7-11-24(14-25,17(18)3)15-30-23(29)19-9-5-6-10-20(19)26-21(27)12-16(2)22(26)28/h5-6,9-10,12,18H,3-4,7-8,11,13-15H2,1-2H3/t18-,24+/m1/s1. The van der Waals surface area contributed by atoms with Crippen LogP contribution in [0.15, 0.2) is 48.1 Å². The Bertz CT molecular complexity index is 950. The number of piperidine rings is 1. The third kappa shape index (κ3) is 3.39. The number of carbonyl (C=O) groups excluding carboxylic acids is 3. The van der Waals surface area contributed by atoms with Crippen molar-refractivity contribution < 1.29 is 19.1 Å². The summed E-state index contributed by atoms with van der Waals surface area (Å²) in [5.74, 6) is -0.917. The molecule has 158 valence electrons. The molecule has 0 N–H and O–H groups in total. The SMILES string of the molecule is C=C1[C@@H]2CCC[C@@]1(COC(=O)c1ccccc1N1C(=O)C=C(C)C1=O)CN(CC)C2. The number of amides is 2. The van der Waals surface area contributed by atoms with Crippen LogP contribution in [0.25, 0.3) is 0 Å². The third-order valence-corrected chi connectivity index (χ3v) is 6.78. The molecule has 0 spiro atoms. The number of imide groups is 1. The summed E-state index contributed by atoms with van der Waals surface area (Å²) in [4.78, 5) is 41.2. The van der Waals surface area contributed by atoms with E-state index < -0.39 is 17.8 Å². The van der Waals surface area contributed by atoms with Gasteiger partial charge in [0.15, 0.2) is 0 Å². The molecular formula is C24H28N2O4. The lowest BCUT2D eigenvalue weighted by Crippen LogP contribution is -2.53. The maximum Gasteiger partial charge on any atom is 0.340 e. The zero-order valence-corrected chi connectivity index (χ0v) is 17.6. The van der Waals surface area contributed by atoms with Gasteiger partial charge in [-0.2, -0.15) is 0 Å². The van der Waals surface area contributed by atoms with E-state index in [4.69, 9.17) is 4.74 Å². The number of hydrogen-bond donors (Lipinski definition) is 0. The van der Waals surface area contributed by atoms with Crippen LogP contribution in [0.5, 0.6) is 0 Å². The molecule has 30 heavy (non-hydrogen) atoms. The first-order chi connectivity index (χ1) is 14.4. The number of ether oxygens (including phenoxy) is 1. The average molecular weight is 408 g/mol. The van der Waals surface area contributed by atoms with Gasteiger partial charge in [-0.3, -0.25) is 9.59 Å². The molecular weight excluding hydrogens is 380 g/mol. The minimum atomic E-state index is -0.520. The van der Waals surface area contributed by atoms with Crippen molar-refractivity contribution in [3.05, 3.63) is 53.6 Å². The van der Waals surface area contributed by atoms with E-state index in [1.54, 1.807) is 31.2 Å². The quantitative estimate of drug-likeness (QED) is 0.425. The molecule has 1 aromatic carbocycles. The van der Waals surface area contributed by atoms with Crippen LogP contribution >= 0.6 is 0 Å². The van der Waals surface area contributed by atoms with Gasteiger partial charge in [0.25, 0.3) is 11.8 Å². The molecule has 2 amide bonds. The number of anilines is 1. The number of para-hydroxylation sites is 1. The van der Waals surface area contributed by atoms with Gasteiger partial charge in [-0.05, 0) is 44.4 Å². The molecule has 4 rings (SSSR count). The van der Waals surface area contributed by atoms with Crippen molar-refractivity contribution in [3.8, 4) is 0 Å². The van der Waals surface area contributed by atoms with Gasteiger partial charge < -0.3 is 9.64 Å². The molecule has 2 atom stereocenters. The van der Waals surface area contributed by atoms with Crippen LogP contribution in [-0.2, 0) is 14.3 Å². The van der Waals surface area contributed by atoms with E-state index in [-0.39, 0.29) is 23.3 Å². The highest BCUT2D eigenvalue weighted by Gasteiger charge is 2.46. The monoisotopic (exact) mass is 408 g/mol. The lowest BCUT2D eigenvalue weighted by Gasteiger charge is -2.51. The van der Waals surface area contributed by atoms with Crippen molar-refractivity contribution in [3.63, 3.8) is 0 Å². The number of likely N-dealkylation sites (tertiary alicyclic amines) is 1. The van der Waals surface area contributed by atoms with Gasteiger partial charge in [-0.15, -0.1) is 0 Å². The zero-order valence-electron chi connectivity index (χ0n) is 17.6. The second-order valence-corrected chi connectivity index (χ2v) is 8.62. The minimum Gasteiger partial charge on any atom is -0.461 e. The molecule has 0 unspecified atom stereocenters. The highest BCUT2D eigenvalue weighted by atomic mass is 16.5. The van der Waals surface area contributed by atoms with Crippen molar-refractivity contribution in [2.24, 2.45) is 11.3 Å². The molecule has 0 aromatic heterocycles. The van der Waals surface area contributed by atoms with Crippen LogP contribution in [0.4, 0.5) is 5.69 Å². The van der Waals surface area contributed by atoms with Gasteiger partial charge in [0.2, 0.25) is 0 Å². The predicted octanol–water partition coefficient (Wildman–Crippen LogP) is 3.34. The van der Waals surface area contributed by atoms with Crippen molar-refractivity contribution in [1.82, 2.24) is 4.90 Å².